The van der Waals surface area contributed by atoms with Gasteiger partial charge < -0.3 is 24.6 Å². The first-order valence-electron chi connectivity index (χ1n) is 14.1. The van der Waals surface area contributed by atoms with Crippen molar-refractivity contribution in [3.63, 3.8) is 0 Å². The van der Waals surface area contributed by atoms with Gasteiger partial charge in [0.2, 0.25) is 5.91 Å². The minimum atomic E-state index is -0.658. The van der Waals surface area contributed by atoms with Gasteiger partial charge in [0.15, 0.2) is 0 Å². The predicted molar refractivity (Wildman–Crippen MR) is 149 cm³/mol. The van der Waals surface area contributed by atoms with E-state index in [1.165, 1.54) is 12.1 Å². The molecule has 2 saturated heterocycles. The number of nitrogens with zero attached hydrogens (tertiary/aromatic N) is 2. The van der Waals surface area contributed by atoms with Crippen LogP contribution in [0, 0.1) is 17.7 Å². The third kappa shape index (κ3) is 8.44. The average Bonchev–Trinajstić information content (AvgIpc) is 2.92. The van der Waals surface area contributed by atoms with Crippen molar-refractivity contribution in [3.05, 3.63) is 71.5 Å². The molecule has 0 aliphatic carbocycles. The van der Waals surface area contributed by atoms with Crippen LogP contribution in [0.2, 0.25) is 0 Å². The van der Waals surface area contributed by atoms with Crippen molar-refractivity contribution < 1.29 is 28.2 Å². The Morgan fingerprint density at radius 1 is 0.925 bits per heavy atom. The fourth-order valence-electron chi connectivity index (χ4n) is 5.42. The standard InChI is InChI=1S/C31H40FN3O5/c1-31(2,3)40-30(38)35-17-15-26(27(20-35)33-29(37)39-21-23-8-5-4-6-9-23)28(36)34-16-7-10-24(19-34)18-22-11-13-25(32)14-12-22/h4-6,8-9,11-14,24,26-27H,7,10,15-21H2,1-3H3,(H,33,37)/t24?,26-,27-/m0/s1. The van der Waals surface area contributed by atoms with Gasteiger partial charge >= 0.3 is 12.2 Å². The largest absolute Gasteiger partial charge is 0.445 e. The number of carbonyl (C=O) groups excluding carboxylic acids is 3. The van der Waals surface area contributed by atoms with E-state index in [0.29, 0.717) is 26.1 Å². The molecule has 4 rings (SSSR count). The average molecular weight is 554 g/mol. The molecule has 2 fully saturated rings. The number of hydrogen-bond donors (Lipinski definition) is 1. The van der Waals surface area contributed by atoms with E-state index in [0.717, 1.165) is 30.4 Å². The molecule has 3 amide bonds. The van der Waals surface area contributed by atoms with Crippen LogP contribution in [0.5, 0.6) is 0 Å². The molecule has 2 aliphatic heterocycles. The van der Waals surface area contributed by atoms with Crippen LogP contribution in [0.4, 0.5) is 14.0 Å². The monoisotopic (exact) mass is 553 g/mol. The highest BCUT2D eigenvalue weighted by molar-refractivity contribution is 5.81. The van der Waals surface area contributed by atoms with Crippen molar-refractivity contribution >= 4 is 18.1 Å². The van der Waals surface area contributed by atoms with Gasteiger partial charge in [-0.3, -0.25) is 4.79 Å². The number of nitrogens with one attached hydrogen (secondary N) is 1. The number of hydrogen-bond acceptors (Lipinski definition) is 5. The minimum absolute atomic E-state index is 0.0268. The number of carbonyl (C=O) groups is 3. The van der Waals surface area contributed by atoms with Gasteiger partial charge in [0.25, 0.3) is 0 Å². The first-order valence-corrected chi connectivity index (χ1v) is 14.1. The number of piperidine rings is 2. The van der Waals surface area contributed by atoms with Crippen LogP contribution in [0.1, 0.15) is 51.2 Å². The van der Waals surface area contributed by atoms with Gasteiger partial charge in [-0.2, -0.15) is 0 Å². The van der Waals surface area contributed by atoms with Crippen molar-refractivity contribution in [1.82, 2.24) is 15.1 Å². The number of likely N-dealkylation sites (tertiary alicyclic amines) is 2. The third-order valence-corrected chi connectivity index (χ3v) is 7.37. The molecule has 2 aromatic carbocycles. The van der Waals surface area contributed by atoms with Crippen molar-refractivity contribution in [2.75, 3.05) is 26.2 Å². The maximum absolute atomic E-state index is 13.8. The number of benzene rings is 2. The van der Waals surface area contributed by atoms with Crippen LogP contribution in [0.3, 0.4) is 0 Å². The number of amides is 3. The second kappa shape index (κ2) is 13.2. The van der Waals surface area contributed by atoms with Crippen molar-refractivity contribution in [1.29, 1.82) is 0 Å². The minimum Gasteiger partial charge on any atom is -0.445 e. The predicted octanol–water partition coefficient (Wildman–Crippen LogP) is 5.16. The lowest BCUT2D eigenvalue weighted by Gasteiger charge is -2.41. The Morgan fingerprint density at radius 3 is 2.35 bits per heavy atom. The van der Waals surface area contributed by atoms with Gasteiger partial charge in [-0.25, -0.2) is 14.0 Å². The molecular weight excluding hydrogens is 513 g/mol. The van der Waals surface area contributed by atoms with Gasteiger partial charge in [-0.1, -0.05) is 42.5 Å². The summed E-state index contributed by atoms with van der Waals surface area (Å²) in [6.45, 7) is 7.27. The first-order chi connectivity index (χ1) is 19.1. The Kier molecular flexibility index (Phi) is 9.66. The summed E-state index contributed by atoms with van der Waals surface area (Å²) in [5.41, 5.74) is 1.24. The Hall–Kier alpha value is -3.62. The first kappa shape index (κ1) is 29.4. The number of alkyl carbamates (subject to hydrolysis) is 1. The maximum atomic E-state index is 13.8. The molecule has 2 aliphatic rings. The molecule has 1 N–H and O–H groups in total. The zero-order valence-electron chi connectivity index (χ0n) is 23.6. The summed E-state index contributed by atoms with van der Waals surface area (Å²) in [6.07, 6.45) is 1.94. The zero-order valence-corrected chi connectivity index (χ0v) is 23.6. The van der Waals surface area contributed by atoms with E-state index < -0.39 is 29.7 Å². The smallest absolute Gasteiger partial charge is 0.410 e. The van der Waals surface area contributed by atoms with E-state index in [1.807, 2.05) is 35.2 Å². The van der Waals surface area contributed by atoms with E-state index in [1.54, 1.807) is 37.8 Å². The second-order valence-corrected chi connectivity index (χ2v) is 11.8. The molecule has 9 heteroatoms. The van der Waals surface area contributed by atoms with Gasteiger partial charge in [0.1, 0.15) is 18.0 Å². The zero-order chi connectivity index (χ0) is 28.7. The van der Waals surface area contributed by atoms with Gasteiger partial charge in [-0.15, -0.1) is 0 Å². The van der Waals surface area contributed by atoms with Crippen LogP contribution < -0.4 is 5.32 Å². The highest BCUT2D eigenvalue weighted by Gasteiger charge is 2.40. The Labute approximate surface area is 235 Å². The van der Waals surface area contributed by atoms with Crippen molar-refractivity contribution in [2.45, 2.75) is 64.7 Å². The molecule has 3 atom stereocenters. The number of rotatable bonds is 6. The molecule has 0 aromatic heterocycles. The molecule has 0 spiro atoms. The molecule has 2 heterocycles. The van der Waals surface area contributed by atoms with E-state index >= 15 is 0 Å². The SMILES string of the molecule is CC(C)(C)OC(=O)N1CC[C@H](C(=O)N2CCCC(Cc3ccc(F)cc3)C2)[C@@H](NC(=O)OCc2ccccc2)C1. The molecule has 0 bridgehead atoms. The summed E-state index contributed by atoms with van der Waals surface area (Å²) in [5.74, 6) is -0.511. The van der Waals surface area contributed by atoms with Gasteiger partial charge in [0.05, 0.1) is 12.0 Å². The van der Waals surface area contributed by atoms with E-state index in [9.17, 15) is 18.8 Å². The number of halogens is 1. The second-order valence-electron chi connectivity index (χ2n) is 11.8. The molecule has 40 heavy (non-hydrogen) atoms. The Morgan fingerprint density at radius 2 is 1.65 bits per heavy atom. The quantitative estimate of drug-likeness (QED) is 0.534. The normalized spacial score (nSPS) is 21.4. The van der Waals surface area contributed by atoms with Crippen LogP contribution in [-0.4, -0.2) is 65.7 Å². The summed E-state index contributed by atoms with van der Waals surface area (Å²) in [4.78, 5) is 42.9. The fraction of sp³-hybridized carbons (Fsp3) is 0.516. The lowest BCUT2D eigenvalue weighted by atomic mass is 9.87. The van der Waals surface area contributed by atoms with E-state index in [2.05, 4.69) is 5.32 Å². The van der Waals surface area contributed by atoms with Crippen LogP contribution in [-0.2, 0) is 27.3 Å². The highest BCUT2D eigenvalue weighted by Crippen LogP contribution is 2.27. The summed E-state index contributed by atoms with van der Waals surface area (Å²) in [6, 6.07) is 15.3. The molecule has 8 nitrogen and oxygen atoms in total. The lowest BCUT2D eigenvalue weighted by Crippen LogP contribution is -2.59. The van der Waals surface area contributed by atoms with Crippen LogP contribution >= 0.6 is 0 Å². The fourth-order valence-corrected chi connectivity index (χ4v) is 5.42. The number of ether oxygens (including phenoxy) is 2. The molecule has 1 unspecified atom stereocenters. The van der Waals surface area contributed by atoms with E-state index in [4.69, 9.17) is 9.47 Å². The van der Waals surface area contributed by atoms with Gasteiger partial charge in [-0.05, 0) is 75.6 Å². The summed E-state index contributed by atoms with van der Waals surface area (Å²) in [5, 5.41) is 2.87. The highest BCUT2D eigenvalue weighted by atomic mass is 19.1. The van der Waals surface area contributed by atoms with E-state index in [-0.39, 0.29) is 30.8 Å². The maximum Gasteiger partial charge on any atom is 0.410 e. The lowest BCUT2D eigenvalue weighted by molar-refractivity contribution is -0.140. The van der Waals surface area contributed by atoms with Crippen LogP contribution in [0.25, 0.3) is 0 Å². The summed E-state index contributed by atoms with van der Waals surface area (Å²) < 4.78 is 24.3. The molecule has 0 radical (unpaired) electrons. The Bertz CT molecular complexity index is 1150. The van der Waals surface area contributed by atoms with Crippen molar-refractivity contribution in [3.8, 4) is 0 Å². The topological polar surface area (TPSA) is 88.2 Å². The van der Waals surface area contributed by atoms with Crippen molar-refractivity contribution in [2.24, 2.45) is 11.8 Å². The molecule has 2 aromatic rings. The molecule has 0 saturated carbocycles. The summed E-state index contributed by atoms with van der Waals surface area (Å²) in [7, 11) is 0. The van der Waals surface area contributed by atoms with Gasteiger partial charge in [0, 0.05) is 26.2 Å². The summed E-state index contributed by atoms with van der Waals surface area (Å²) >= 11 is 0. The van der Waals surface area contributed by atoms with Crippen LogP contribution in [0.15, 0.2) is 54.6 Å². The molecule has 216 valence electrons. The third-order valence-electron chi connectivity index (χ3n) is 7.37. The molecular formula is C31H40FN3O5. The Balaban J connectivity index is 1.42.